The quantitative estimate of drug-likeness (QED) is 0.782. The molecule has 0 aliphatic carbocycles. The Kier molecular flexibility index (Phi) is 5.05. The van der Waals surface area contributed by atoms with Crippen molar-refractivity contribution in [3.63, 3.8) is 0 Å². The number of piperidine rings is 1. The van der Waals surface area contributed by atoms with Gasteiger partial charge in [-0.2, -0.15) is 8.42 Å². The molecule has 2 aromatic rings. The number of fused-ring (bicyclic) bond motifs is 2. The lowest BCUT2D eigenvalue weighted by atomic mass is 9.95. The van der Waals surface area contributed by atoms with E-state index in [1.807, 2.05) is 29.2 Å². The third-order valence-corrected chi connectivity index (χ3v) is 7.20. The van der Waals surface area contributed by atoms with Crippen molar-refractivity contribution in [2.75, 3.05) is 26.3 Å². The summed E-state index contributed by atoms with van der Waals surface area (Å²) in [4.78, 5) is 15.0. The van der Waals surface area contributed by atoms with E-state index in [0.717, 1.165) is 5.56 Å². The largest absolute Gasteiger partial charge is 0.486 e. The van der Waals surface area contributed by atoms with Crippen molar-refractivity contribution in [2.45, 2.75) is 24.3 Å². The van der Waals surface area contributed by atoms with Gasteiger partial charge in [-0.25, -0.2) is 0 Å². The summed E-state index contributed by atoms with van der Waals surface area (Å²) < 4.78 is 39.9. The lowest BCUT2D eigenvalue weighted by Crippen LogP contribution is -2.43. The number of sulfonamides is 1. The lowest BCUT2D eigenvalue weighted by molar-refractivity contribution is -0.126. The second kappa shape index (κ2) is 7.88. The van der Waals surface area contributed by atoms with Crippen molar-refractivity contribution in [1.82, 2.24) is 10.2 Å². The molecule has 3 aliphatic rings. The van der Waals surface area contributed by atoms with E-state index in [2.05, 4.69) is 9.71 Å². The third-order valence-electron chi connectivity index (χ3n) is 5.88. The summed E-state index contributed by atoms with van der Waals surface area (Å²) in [6, 6.07) is 12.6. The average Bonchev–Trinajstić information content (AvgIpc) is 3.08. The van der Waals surface area contributed by atoms with E-state index < -0.39 is 10.0 Å². The summed E-state index contributed by atoms with van der Waals surface area (Å²) in [5.41, 5.74) is 1.53. The zero-order valence-electron chi connectivity index (χ0n) is 16.9. The number of nitrogens with zero attached hydrogens (tertiary/aromatic N) is 2. The van der Waals surface area contributed by atoms with Gasteiger partial charge in [0.2, 0.25) is 5.91 Å². The van der Waals surface area contributed by atoms with Crippen molar-refractivity contribution in [2.24, 2.45) is 10.3 Å². The van der Waals surface area contributed by atoms with Crippen LogP contribution in [0.3, 0.4) is 0 Å². The van der Waals surface area contributed by atoms with Gasteiger partial charge in [-0.1, -0.05) is 24.3 Å². The second-order valence-corrected chi connectivity index (χ2v) is 9.38. The van der Waals surface area contributed by atoms with Crippen LogP contribution < -0.4 is 14.8 Å². The number of ether oxygens (including phenoxy) is 2. The van der Waals surface area contributed by atoms with Crippen LogP contribution in [0.25, 0.3) is 0 Å². The molecule has 0 radical (unpaired) electrons. The molecule has 9 heteroatoms. The molecule has 3 heterocycles. The number of carbonyl (C=O) groups excluding carboxylic acids is 1. The summed E-state index contributed by atoms with van der Waals surface area (Å²) in [7, 11) is -3.64. The van der Waals surface area contributed by atoms with Crippen molar-refractivity contribution < 1.29 is 22.7 Å². The maximum Gasteiger partial charge on any atom is 0.285 e. The number of benzene rings is 2. The molecule has 0 spiro atoms. The Balaban J connectivity index is 1.20. The summed E-state index contributed by atoms with van der Waals surface area (Å²) in [5.74, 6) is 1.77. The monoisotopic (exact) mass is 441 g/mol. The van der Waals surface area contributed by atoms with Gasteiger partial charge in [0.1, 0.15) is 18.1 Å². The molecule has 31 heavy (non-hydrogen) atoms. The van der Waals surface area contributed by atoms with Crippen molar-refractivity contribution >= 4 is 21.8 Å². The summed E-state index contributed by atoms with van der Waals surface area (Å²) in [5, 5.41) is 3.01. The fraction of sp³-hybridized carbons (Fsp3) is 0.364. The molecule has 0 bridgehead atoms. The first kappa shape index (κ1) is 19.9. The highest BCUT2D eigenvalue weighted by atomic mass is 32.2. The Bertz CT molecular complexity index is 1150. The van der Waals surface area contributed by atoms with E-state index in [9.17, 15) is 13.2 Å². The van der Waals surface area contributed by atoms with Gasteiger partial charge in [0.25, 0.3) is 10.0 Å². The fourth-order valence-corrected chi connectivity index (χ4v) is 5.50. The van der Waals surface area contributed by atoms with Gasteiger partial charge in [0, 0.05) is 36.7 Å². The Labute approximate surface area is 180 Å². The van der Waals surface area contributed by atoms with Gasteiger partial charge in [-0.3, -0.25) is 4.79 Å². The van der Waals surface area contributed by atoms with Gasteiger partial charge in [0.05, 0.1) is 0 Å². The summed E-state index contributed by atoms with van der Waals surface area (Å²) in [6.45, 7) is 2.57. The first-order chi connectivity index (χ1) is 15.0. The first-order valence-electron chi connectivity index (χ1n) is 10.4. The number of nitrogens with one attached hydrogen (secondary N) is 1. The molecule has 1 amide bonds. The molecule has 0 aromatic heterocycles. The van der Waals surface area contributed by atoms with Crippen LogP contribution in [0.5, 0.6) is 11.5 Å². The number of hydrogen-bond donors (Lipinski definition) is 1. The van der Waals surface area contributed by atoms with Gasteiger partial charge >= 0.3 is 0 Å². The van der Waals surface area contributed by atoms with Crippen molar-refractivity contribution in [1.29, 1.82) is 0 Å². The average molecular weight is 442 g/mol. The molecule has 0 unspecified atom stereocenters. The lowest BCUT2D eigenvalue weighted by Gasteiger charge is -2.32. The fourth-order valence-electron chi connectivity index (χ4n) is 4.27. The molecule has 2 aromatic carbocycles. The number of rotatable bonds is 3. The highest BCUT2D eigenvalue weighted by Gasteiger charge is 2.34. The van der Waals surface area contributed by atoms with Gasteiger partial charge in [-0.05, 0) is 31.0 Å². The molecule has 0 atom stereocenters. The minimum absolute atomic E-state index is 0.00429. The number of para-hydroxylation sites is 1. The van der Waals surface area contributed by atoms with Crippen LogP contribution in [-0.2, 0) is 21.4 Å². The summed E-state index contributed by atoms with van der Waals surface area (Å²) in [6.07, 6.45) is 1.28. The standard InChI is InChI=1S/C22H23N3O5S/c26-22(23-14-16-4-3-6-18-20(16)30-13-12-29-18)15-8-10-25(11-9-15)21-17-5-1-2-7-19(17)31(27,28)24-21/h1-7,15H,8-14H2,(H,23,26). The molecule has 5 rings (SSSR count). The minimum Gasteiger partial charge on any atom is -0.486 e. The smallest absolute Gasteiger partial charge is 0.285 e. The minimum atomic E-state index is -3.64. The zero-order valence-corrected chi connectivity index (χ0v) is 17.7. The molecule has 3 aliphatic heterocycles. The van der Waals surface area contributed by atoms with Gasteiger partial charge in [-0.15, -0.1) is 4.40 Å². The van der Waals surface area contributed by atoms with E-state index in [-0.39, 0.29) is 16.7 Å². The maximum atomic E-state index is 12.7. The number of likely N-dealkylation sites (tertiary alicyclic amines) is 1. The zero-order chi connectivity index (χ0) is 21.4. The number of amides is 1. The van der Waals surface area contributed by atoms with Crippen LogP contribution in [-0.4, -0.2) is 51.4 Å². The van der Waals surface area contributed by atoms with Crippen LogP contribution >= 0.6 is 0 Å². The SMILES string of the molecule is O=C(NCc1cccc2c1OCCO2)C1CCN(C2=NS(=O)(=O)c3ccccc32)CC1. The van der Waals surface area contributed by atoms with Crippen LogP contribution in [0.2, 0.25) is 0 Å². The van der Waals surface area contributed by atoms with Crippen molar-refractivity contribution in [3.8, 4) is 11.5 Å². The van der Waals surface area contributed by atoms with E-state index in [1.54, 1.807) is 18.2 Å². The highest BCUT2D eigenvalue weighted by molar-refractivity contribution is 7.90. The maximum absolute atomic E-state index is 12.7. The predicted molar refractivity (Wildman–Crippen MR) is 114 cm³/mol. The molecule has 0 saturated carbocycles. The highest BCUT2D eigenvalue weighted by Crippen LogP contribution is 2.34. The third kappa shape index (κ3) is 3.74. The summed E-state index contributed by atoms with van der Waals surface area (Å²) >= 11 is 0. The Hall–Kier alpha value is -3.07. The molecule has 8 nitrogen and oxygen atoms in total. The van der Waals surface area contributed by atoms with Crippen LogP contribution in [0.15, 0.2) is 51.8 Å². The van der Waals surface area contributed by atoms with Crippen LogP contribution in [0, 0.1) is 5.92 Å². The van der Waals surface area contributed by atoms with Crippen molar-refractivity contribution in [3.05, 3.63) is 53.6 Å². The molecule has 1 N–H and O–H groups in total. The number of carbonyl (C=O) groups is 1. The van der Waals surface area contributed by atoms with E-state index >= 15 is 0 Å². The molecule has 1 saturated heterocycles. The number of hydrogen-bond acceptors (Lipinski definition) is 6. The van der Waals surface area contributed by atoms with E-state index in [4.69, 9.17) is 9.47 Å². The topological polar surface area (TPSA) is 97.3 Å². The molecular weight excluding hydrogens is 418 g/mol. The predicted octanol–water partition coefficient (Wildman–Crippen LogP) is 1.94. The van der Waals surface area contributed by atoms with Gasteiger partial charge in [0.15, 0.2) is 17.3 Å². The molecular formula is C22H23N3O5S. The Morgan fingerprint density at radius 1 is 1.06 bits per heavy atom. The first-order valence-corrected chi connectivity index (χ1v) is 11.8. The Morgan fingerprint density at radius 3 is 2.68 bits per heavy atom. The van der Waals surface area contributed by atoms with E-state index in [0.29, 0.717) is 68.6 Å². The second-order valence-electron chi connectivity index (χ2n) is 7.81. The van der Waals surface area contributed by atoms with Crippen LogP contribution in [0.1, 0.15) is 24.0 Å². The van der Waals surface area contributed by atoms with Crippen LogP contribution in [0.4, 0.5) is 0 Å². The molecule has 1 fully saturated rings. The van der Waals surface area contributed by atoms with E-state index in [1.165, 1.54) is 0 Å². The molecule has 162 valence electrons. The normalized spacial score (nSPS) is 19.5. The Morgan fingerprint density at radius 2 is 1.84 bits per heavy atom. The number of amidine groups is 1. The van der Waals surface area contributed by atoms with Gasteiger partial charge < -0.3 is 19.7 Å².